The van der Waals surface area contributed by atoms with E-state index in [1.807, 2.05) is 0 Å². The summed E-state index contributed by atoms with van der Waals surface area (Å²) in [5.41, 5.74) is 3.62. The van der Waals surface area contributed by atoms with Gasteiger partial charge in [0, 0.05) is 5.54 Å². The molecule has 1 nitrogen and oxygen atoms in total. The monoisotopic (exact) mass is 287 g/mol. The standard InChI is InChI=1S/C20H33N/c1-15-8-7-9-16(12-15)18-13-20(5,6)11-10-17(18)14-21-19(2,3)4/h7-9,12,17-18,21H,10-11,13-14H2,1-6H3. The van der Waals surface area contributed by atoms with Crippen molar-refractivity contribution in [1.29, 1.82) is 0 Å². The Kier molecular flexibility index (Phi) is 4.82. The van der Waals surface area contributed by atoms with Crippen molar-refractivity contribution in [3.05, 3.63) is 35.4 Å². The van der Waals surface area contributed by atoms with Gasteiger partial charge >= 0.3 is 0 Å². The molecule has 118 valence electrons. The summed E-state index contributed by atoms with van der Waals surface area (Å²) in [6, 6.07) is 9.17. The number of benzene rings is 1. The van der Waals surface area contributed by atoms with Crippen LogP contribution in [0.3, 0.4) is 0 Å². The molecule has 0 spiro atoms. The highest BCUT2D eigenvalue weighted by Crippen LogP contribution is 2.46. The van der Waals surface area contributed by atoms with Crippen molar-refractivity contribution in [2.75, 3.05) is 6.54 Å². The molecule has 0 heterocycles. The van der Waals surface area contributed by atoms with Crippen molar-refractivity contribution in [1.82, 2.24) is 5.32 Å². The van der Waals surface area contributed by atoms with E-state index in [2.05, 4.69) is 71.1 Å². The van der Waals surface area contributed by atoms with Gasteiger partial charge in [0.2, 0.25) is 0 Å². The predicted octanol–water partition coefficient (Wildman–Crippen LogP) is 5.29. The molecule has 1 heteroatoms. The third kappa shape index (κ3) is 4.85. The first-order valence-corrected chi connectivity index (χ1v) is 8.48. The number of nitrogens with one attached hydrogen (secondary N) is 1. The highest BCUT2D eigenvalue weighted by Gasteiger charge is 2.35. The van der Waals surface area contributed by atoms with Gasteiger partial charge in [0.15, 0.2) is 0 Å². The van der Waals surface area contributed by atoms with Crippen molar-refractivity contribution >= 4 is 0 Å². The Morgan fingerprint density at radius 1 is 1.24 bits per heavy atom. The van der Waals surface area contributed by atoms with E-state index in [9.17, 15) is 0 Å². The van der Waals surface area contributed by atoms with E-state index in [-0.39, 0.29) is 5.54 Å². The molecule has 2 unspecified atom stereocenters. The summed E-state index contributed by atoms with van der Waals surface area (Å²) in [6.07, 6.45) is 4.01. The second-order valence-corrected chi connectivity index (χ2v) is 8.82. The van der Waals surface area contributed by atoms with Crippen LogP contribution in [0.1, 0.15) is 70.9 Å². The molecule has 0 bridgehead atoms. The summed E-state index contributed by atoms with van der Waals surface area (Å²) < 4.78 is 0. The van der Waals surface area contributed by atoms with Crippen LogP contribution in [0.25, 0.3) is 0 Å². The maximum Gasteiger partial charge on any atom is 0.00966 e. The lowest BCUT2D eigenvalue weighted by Crippen LogP contribution is -2.42. The van der Waals surface area contributed by atoms with Crippen LogP contribution in [-0.2, 0) is 0 Å². The van der Waals surface area contributed by atoms with E-state index in [1.165, 1.54) is 24.8 Å². The van der Waals surface area contributed by atoms with Crippen LogP contribution in [0.15, 0.2) is 24.3 Å². The second-order valence-electron chi connectivity index (χ2n) is 8.82. The van der Waals surface area contributed by atoms with Gasteiger partial charge in [0.05, 0.1) is 0 Å². The minimum atomic E-state index is 0.212. The molecule has 0 aliphatic heterocycles. The molecule has 1 saturated carbocycles. The Morgan fingerprint density at radius 2 is 1.95 bits per heavy atom. The van der Waals surface area contributed by atoms with E-state index < -0.39 is 0 Å². The first kappa shape index (κ1) is 16.5. The van der Waals surface area contributed by atoms with Crippen molar-refractivity contribution in [3.63, 3.8) is 0 Å². The maximum atomic E-state index is 3.73. The summed E-state index contributed by atoms with van der Waals surface area (Å²) >= 11 is 0. The lowest BCUT2D eigenvalue weighted by atomic mass is 9.65. The number of rotatable bonds is 3. The fraction of sp³-hybridized carbons (Fsp3) is 0.700. The van der Waals surface area contributed by atoms with Crippen LogP contribution in [0.5, 0.6) is 0 Å². The topological polar surface area (TPSA) is 12.0 Å². The molecule has 0 aromatic heterocycles. The van der Waals surface area contributed by atoms with Crippen molar-refractivity contribution in [2.45, 2.75) is 72.3 Å². The van der Waals surface area contributed by atoms with Gasteiger partial charge in [-0.3, -0.25) is 0 Å². The third-order valence-corrected chi connectivity index (χ3v) is 4.90. The van der Waals surface area contributed by atoms with Crippen LogP contribution >= 0.6 is 0 Å². The molecule has 0 radical (unpaired) electrons. The van der Waals surface area contributed by atoms with Gasteiger partial charge in [-0.1, -0.05) is 43.7 Å². The van der Waals surface area contributed by atoms with E-state index in [0.29, 0.717) is 11.3 Å². The third-order valence-electron chi connectivity index (χ3n) is 4.90. The first-order chi connectivity index (χ1) is 9.66. The van der Waals surface area contributed by atoms with Gasteiger partial charge in [-0.2, -0.15) is 0 Å². The lowest BCUT2D eigenvalue weighted by Gasteiger charge is -2.42. The highest BCUT2D eigenvalue weighted by atomic mass is 14.9. The summed E-state index contributed by atoms with van der Waals surface area (Å²) in [6.45, 7) is 15.0. The largest absolute Gasteiger partial charge is 0.312 e. The van der Waals surface area contributed by atoms with Crippen molar-refractivity contribution in [2.24, 2.45) is 11.3 Å². The molecule has 1 aromatic rings. The molecule has 1 aliphatic carbocycles. The maximum absolute atomic E-state index is 3.73. The Morgan fingerprint density at radius 3 is 2.57 bits per heavy atom. The van der Waals surface area contributed by atoms with Gasteiger partial charge in [0.25, 0.3) is 0 Å². The smallest absolute Gasteiger partial charge is 0.00966 e. The van der Waals surface area contributed by atoms with Gasteiger partial charge < -0.3 is 5.32 Å². The number of aryl methyl sites for hydroxylation is 1. The fourth-order valence-electron chi connectivity index (χ4n) is 3.61. The minimum Gasteiger partial charge on any atom is -0.312 e. The first-order valence-electron chi connectivity index (χ1n) is 8.48. The second kappa shape index (κ2) is 6.12. The zero-order chi connectivity index (χ0) is 15.7. The average molecular weight is 287 g/mol. The van der Waals surface area contributed by atoms with Crippen molar-refractivity contribution < 1.29 is 0 Å². The zero-order valence-corrected chi connectivity index (χ0v) is 14.8. The Bertz CT molecular complexity index is 467. The summed E-state index contributed by atoms with van der Waals surface area (Å²) in [4.78, 5) is 0. The molecule has 21 heavy (non-hydrogen) atoms. The molecule has 1 aliphatic rings. The van der Waals surface area contributed by atoms with Gasteiger partial charge in [-0.15, -0.1) is 0 Å². The van der Waals surface area contributed by atoms with Crippen LogP contribution in [0.4, 0.5) is 0 Å². The molecule has 1 N–H and O–H groups in total. The van der Waals surface area contributed by atoms with Crippen molar-refractivity contribution in [3.8, 4) is 0 Å². The van der Waals surface area contributed by atoms with Crippen LogP contribution in [-0.4, -0.2) is 12.1 Å². The van der Waals surface area contributed by atoms with Gasteiger partial charge in [-0.05, 0) is 76.3 Å². The molecule has 2 atom stereocenters. The summed E-state index contributed by atoms with van der Waals surface area (Å²) in [7, 11) is 0. The van der Waals surface area contributed by atoms with Crippen LogP contribution in [0, 0.1) is 18.3 Å². The average Bonchev–Trinajstić information content (AvgIpc) is 2.35. The summed E-state index contributed by atoms with van der Waals surface area (Å²) in [5, 5.41) is 3.73. The van der Waals surface area contributed by atoms with E-state index >= 15 is 0 Å². The molecular formula is C20H33N. The Hall–Kier alpha value is -0.820. The van der Waals surface area contributed by atoms with E-state index in [1.54, 1.807) is 5.56 Å². The number of hydrogen-bond acceptors (Lipinski definition) is 1. The fourth-order valence-corrected chi connectivity index (χ4v) is 3.61. The molecule has 0 saturated heterocycles. The number of hydrogen-bond donors (Lipinski definition) is 1. The molecule has 1 fully saturated rings. The van der Waals surface area contributed by atoms with Gasteiger partial charge in [-0.25, -0.2) is 0 Å². The lowest BCUT2D eigenvalue weighted by molar-refractivity contribution is 0.154. The predicted molar refractivity (Wildman–Crippen MR) is 92.8 cm³/mol. The minimum absolute atomic E-state index is 0.212. The SMILES string of the molecule is Cc1cccc(C2CC(C)(C)CCC2CNC(C)(C)C)c1. The quantitative estimate of drug-likeness (QED) is 0.796. The highest BCUT2D eigenvalue weighted by molar-refractivity contribution is 5.27. The van der Waals surface area contributed by atoms with Gasteiger partial charge in [0.1, 0.15) is 0 Å². The molecule has 0 amide bonds. The van der Waals surface area contributed by atoms with E-state index in [4.69, 9.17) is 0 Å². The normalized spacial score (nSPS) is 25.8. The van der Waals surface area contributed by atoms with E-state index in [0.717, 1.165) is 12.5 Å². The Labute approximate surface area is 131 Å². The molecule has 1 aromatic carbocycles. The molecular weight excluding hydrogens is 254 g/mol. The Balaban J connectivity index is 2.18. The summed E-state index contributed by atoms with van der Waals surface area (Å²) in [5.74, 6) is 1.46. The van der Waals surface area contributed by atoms with Crippen LogP contribution < -0.4 is 5.32 Å². The van der Waals surface area contributed by atoms with Crippen LogP contribution in [0.2, 0.25) is 0 Å². The zero-order valence-electron chi connectivity index (χ0n) is 14.8. The molecule has 2 rings (SSSR count).